The minimum atomic E-state index is 0.282. The zero-order valence-corrected chi connectivity index (χ0v) is 11.8. The number of hydrogen-bond acceptors (Lipinski definition) is 3. The lowest BCUT2D eigenvalue weighted by atomic mass is 10.1. The van der Waals surface area contributed by atoms with Crippen LogP contribution in [0.1, 0.15) is 44.1 Å². The highest BCUT2D eigenvalue weighted by molar-refractivity contribution is 7.07. The van der Waals surface area contributed by atoms with Crippen molar-refractivity contribution in [3.8, 4) is 0 Å². The summed E-state index contributed by atoms with van der Waals surface area (Å²) < 4.78 is 2.03. The van der Waals surface area contributed by atoms with E-state index in [1.807, 2.05) is 4.57 Å². The van der Waals surface area contributed by atoms with Gasteiger partial charge in [0.05, 0.1) is 0 Å². The highest BCUT2D eigenvalue weighted by Crippen LogP contribution is 2.24. The molecule has 0 saturated heterocycles. The summed E-state index contributed by atoms with van der Waals surface area (Å²) in [5.74, 6) is 1.29. The standard InChI is InChI=1S/C12H16ClN3S/c1-8(2)11-14-15-12(13)16(11)9(3)6-10-4-5-17-7-10/h4-5,7-9H,6H2,1-3H3. The minimum absolute atomic E-state index is 0.282. The lowest BCUT2D eigenvalue weighted by molar-refractivity contribution is 0.509. The number of hydrogen-bond donors (Lipinski definition) is 0. The summed E-state index contributed by atoms with van der Waals surface area (Å²) in [6.45, 7) is 6.36. The summed E-state index contributed by atoms with van der Waals surface area (Å²) in [5.41, 5.74) is 1.34. The van der Waals surface area contributed by atoms with Gasteiger partial charge >= 0.3 is 0 Å². The van der Waals surface area contributed by atoms with Crippen molar-refractivity contribution in [3.05, 3.63) is 33.5 Å². The molecule has 0 amide bonds. The number of thiophene rings is 1. The Morgan fingerprint density at radius 2 is 2.12 bits per heavy atom. The van der Waals surface area contributed by atoms with Crippen LogP contribution in [0.4, 0.5) is 0 Å². The average Bonchev–Trinajstić information content (AvgIpc) is 2.86. The average molecular weight is 270 g/mol. The van der Waals surface area contributed by atoms with Gasteiger partial charge in [0.2, 0.25) is 5.28 Å². The fourth-order valence-corrected chi connectivity index (χ4v) is 2.90. The van der Waals surface area contributed by atoms with E-state index in [9.17, 15) is 0 Å². The van der Waals surface area contributed by atoms with Crippen LogP contribution >= 0.6 is 22.9 Å². The first-order chi connectivity index (χ1) is 8.09. The van der Waals surface area contributed by atoms with Crippen LogP contribution in [0.15, 0.2) is 16.8 Å². The molecular formula is C12H16ClN3S. The summed E-state index contributed by atoms with van der Waals surface area (Å²) >= 11 is 7.84. The van der Waals surface area contributed by atoms with E-state index < -0.39 is 0 Å². The minimum Gasteiger partial charge on any atom is -0.298 e. The van der Waals surface area contributed by atoms with Gasteiger partial charge in [0.15, 0.2) is 0 Å². The summed E-state index contributed by atoms with van der Waals surface area (Å²) in [7, 11) is 0. The summed E-state index contributed by atoms with van der Waals surface area (Å²) in [6.07, 6.45) is 0.959. The largest absolute Gasteiger partial charge is 0.298 e. The Bertz CT molecular complexity index is 476. The first-order valence-corrected chi connectivity index (χ1v) is 7.03. The van der Waals surface area contributed by atoms with Crippen molar-refractivity contribution in [2.24, 2.45) is 0 Å². The molecule has 92 valence electrons. The maximum absolute atomic E-state index is 6.12. The maximum Gasteiger partial charge on any atom is 0.225 e. The molecule has 1 atom stereocenters. The predicted octanol–water partition coefficient (Wildman–Crippen LogP) is 3.92. The van der Waals surface area contributed by atoms with Crippen LogP contribution < -0.4 is 0 Å². The first-order valence-electron chi connectivity index (χ1n) is 5.71. The molecule has 2 aromatic rings. The van der Waals surface area contributed by atoms with Gasteiger partial charge in [-0.1, -0.05) is 13.8 Å². The Hall–Kier alpha value is -0.870. The third-order valence-electron chi connectivity index (χ3n) is 2.75. The van der Waals surface area contributed by atoms with Gasteiger partial charge in [0, 0.05) is 12.0 Å². The predicted molar refractivity (Wildman–Crippen MR) is 71.9 cm³/mol. The van der Waals surface area contributed by atoms with Crippen LogP contribution in [0.3, 0.4) is 0 Å². The second-order valence-corrected chi connectivity index (χ2v) is 5.65. The van der Waals surface area contributed by atoms with E-state index in [4.69, 9.17) is 11.6 Å². The molecule has 0 aromatic carbocycles. The normalized spacial score (nSPS) is 13.2. The topological polar surface area (TPSA) is 30.7 Å². The SMILES string of the molecule is CC(C)c1nnc(Cl)n1C(C)Cc1ccsc1. The monoisotopic (exact) mass is 269 g/mol. The maximum atomic E-state index is 6.12. The quantitative estimate of drug-likeness (QED) is 0.842. The molecule has 2 rings (SSSR count). The Morgan fingerprint density at radius 1 is 1.35 bits per heavy atom. The fraction of sp³-hybridized carbons (Fsp3) is 0.500. The highest BCUT2D eigenvalue weighted by atomic mass is 35.5. The zero-order valence-electron chi connectivity index (χ0n) is 10.2. The van der Waals surface area contributed by atoms with E-state index in [1.165, 1.54) is 5.56 Å². The number of halogens is 1. The number of aromatic nitrogens is 3. The van der Waals surface area contributed by atoms with E-state index >= 15 is 0 Å². The third-order valence-corrected chi connectivity index (χ3v) is 3.74. The van der Waals surface area contributed by atoms with E-state index in [1.54, 1.807) is 11.3 Å². The molecule has 5 heteroatoms. The lowest BCUT2D eigenvalue weighted by Gasteiger charge is -2.17. The van der Waals surface area contributed by atoms with Crippen molar-refractivity contribution in [1.82, 2.24) is 14.8 Å². The van der Waals surface area contributed by atoms with Crippen LogP contribution in [0.2, 0.25) is 5.28 Å². The molecule has 0 aliphatic rings. The van der Waals surface area contributed by atoms with E-state index in [0.29, 0.717) is 11.2 Å². The second kappa shape index (κ2) is 5.19. The van der Waals surface area contributed by atoms with Gasteiger partial charge in [-0.15, -0.1) is 10.2 Å². The Balaban J connectivity index is 2.24. The molecule has 0 radical (unpaired) electrons. The van der Waals surface area contributed by atoms with Crippen molar-refractivity contribution in [2.45, 2.75) is 39.2 Å². The smallest absolute Gasteiger partial charge is 0.225 e. The molecule has 0 N–H and O–H groups in total. The Kier molecular flexibility index (Phi) is 3.84. The van der Waals surface area contributed by atoms with Gasteiger partial charge in [0.1, 0.15) is 5.82 Å². The van der Waals surface area contributed by atoms with Crippen LogP contribution in [-0.4, -0.2) is 14.8 Å². The molecule has 3 nitrogen and oxygen atoms in total. The third kappa shape index (κ3) is 2.69. The molecule has 2 aromatic heterocycles. The van der Waals surface area contributed by atoms with Crippen LogP contribution in [0.25, 0.3) is 0 Å². The first kappa shape index (κ1) is 12.6. The van der Waals surface area contributed by atoms with Crippen molar-refractivity contribution in [2.75, 3.05) is 0 Å². The van der Waals surface area contributed by atoms with Gasteiger partial charge in [-0.25, -0.2) is 0 Å². The molecule has 17 heavy (non-hydrogen) atoms. The Morgan fingerprint density at radius 3 is 2.71 bits per heavy atom. The second-order valence-electron chi connectivity index (χ2n) is 4.54. The summed E-state index contributed by atoms with van der Waals surface area (Å²) in [6, 6.07) is 2.43. The molecule has 0 spiro atoms. The van der Waals surface area contributed by atoms with Gasteiger partial charge < -0.3 is 0 Å². The summed E-state index contributed by atoms with van der Waals surface area (Å²) in [4.78, 5) is 0. The van der Waals surface area contributed by atoms with E-state index in [-0.39, 0.29) is 6.04 Å². The summed E-state index contributed by atoms with van der Waals surface area (Å²) in [5, 5.41) is 12.9. The molecule has 0 aliphatic heterocycles. The van der Waals surface area contributed by atoms with Crippen molar-refractivity contribution in [3.63, 3.8) is 0 Å². The van der Waals surface area contributed by atoms with Crippen LogP contribution in [0.5, 0.6) is 0 Å². The van der Waals surface area contributed by atoms with Gasteiger partial charge in [-0.3, -0.25) is 4.57 Å². The molecule has 2 heterocycles. The molecular weight excluding hydrogens is 254 g/mol. The van der Waals surface area contributed by atoms with Crippen LogP contribution in [-0.2, 0) is 6.42 Å². The van der Waals surface area contributed by atoms with Crippen molar-refractivity contribution < 1.29 is 0 Å². The van der Waals surface area contributed by atoms with E-state index in [0.717, 1.165) is 12.2 Å². The molecule has 0 bridgehead atoms. The van der Waals surface area contributed by atoms with Crippen molar-refractivity contribution >= 4 is 22.9 Å². The molecule has 0 aliphatic carbocycles. The lowest BCUT2D eigenvalue weighted by Crippen LogP contribution is -2.13. The van der Waals surface area contributed by atoms with Crippen LogP contribution in [0, 0.1) is 0 Å². The zero-order chi connectivity index (χ0) is 12.4. The Labute approximate surface area is 110 Å². The van der Waals surface area contributed by atoms with Crippen molar-refractivity contribution in [1.29, 1.82) is 0 Å². The molecule has 0 saturated carbocycles. The van der Waals surface area contributed by atoms with Gasteiger partial charge in [-0.2, -0.15) is 11.3 Å². The van der Waals surface area contributed by atoms with Gasteiger partial charge in [-0.05, 0) is 47.3 Å². The number of nitrogens with zero attached hydrogens (tertiary/aromatic N) is 3. The van der Waals surface area contributed by atoms with E-state index in [2.05, 4.69) is 47.8 Å². The fourth-order valence-electron chi connectivity index (χ4n) is 1.93. The number of rotatable bonds is 4. The molecule has 0 fully saturated rings. The highest BCUT2D eigenvalue weighted by Gasteiger charge is 2.18. The van der Waals surface area contributed by atoms with Gasteiger partial charge in [0.25, 0.3) is 0 Å². The molecule has 1 unspecified atom stereocenters.